The lowest BCUT2D eigenvalue weighted by molar-refractivity contribution is -0.126. The van der Waals surface area contributed by atoms with Gasteiger partial charge in [0.15, 0.2) is 11.5 Å². The summed E-state index contributed by atoms with van der Waals surface area (Å²) in [6.45, 7) is 1.22. The molecule has 1 aliphatic carbocycles. The van der Waals surface area contributed by atoms with Crippen molar-refractivity contribution in [3.8, 4) is 11.5 Å². The molecule has 4 rings (SSSR count). The molecule has 0 atom stereocenters. The van der Waals surface area contributed by atoms with E-state index in [1.54, 1.807) is 19.1 Å². The van der Waals surface area contributed by atoms with Crippen LogP contribution in [0, 0.1) is 0 Å². The second kappa shape index (κ2) is 7.92. The molecule has 2 aliphatic rings. The van der Waals surface area contributed by atoms with Crippen molar-refractivity contribution in [2.24, 2.45) is 4.99 Å². The number of carbonyl (C=O) groups is 1. The number of hydrogen-bond donors (Lipinski definition) is 1. The first-order valence-corrected chi connectivity index (χ1v) is 9.63. The fraction of sp³-hybridized carbons (Fsp3) is 0.364. The van der Waals surface area contributed by atoms with Gasteiger partial charge in [-0.3, -0.25) is 14.7 Å². The van der Waals surface area contributed by atoms with Crippen LogP contribution in [-0.2, 0) is 24.1 Å². The van der Waals surface area contributed by atoms with E-state index in [9.17, 15) is 4.79 Å². The molecule has 1 heterocycles. The van der Waals surface area contributed by atoms with Gasteiger partial charge in [-0.1, -0.05) is 18.2 Å². The number of nitrogens with zero attached hydrogens (tertiary/aromatic N) is 2. The highest BCUT2D eigenvalue weighted by molar-refractivity contribution is 6.06. The largest absolute Gasteiger partial charge is 0.493 e. The topological polar surface area (TPSA) is 63.2 Å². The van der Waals surface area contributed by atoms with Gasteiger partial charge in [-0.2, -0.15) is 0 Å². The Balaban J connectivity index is 1.48. The number of ether oxygens (including phenoxy) is 2. The lowest BCUT2D eigenvalue weighted by Crippen LogP contribution is -2.39. The molecule has 0 saturated carbocycles. The van der Waals surface area contributed by atoms with E-state index in [1.807, 2.05) is 18.2 Å². The number of aryl methyl sites for hydroxylation is 1. The van der Waals surface area contributed by atoms with Crippen LogP contribution in [0.25, 0.3) is 0 Å². The maximum absolute atomic E-state index is 12.9. The third kappa shape index (κ3) is 3.54. The zero-order chi connectivity index (χ0) is 19.5. The molecule has 1 aliphatic heterocycles. The van der Waals surface area contributed by atoms with Gasteiger partial charge in [-0.25, -0.2) is 0 Å². The SMILES string of the molecule is COc1ccc(CC(=O)N2CCN=C2Nc2cccc3c2CCC3)cc1OC. The van der Waals surface area contributed by atoms with Crippen molar-refractivity contribution < 1.29 is 14.3 Å². The third-order valence-corrected chi connectivity index (χ3v) is 5.34. The molecule has 0 spiro atoms. The first-order chi connectivity index (χ1) is 13.7. The summed E-state index contributed by atoms with van der Waals surface area (Å²) in [5.74, 6) is 1.94. The van der Waals surface area contributed by atoms with Gasteiger partial charge in [0.25, 0.3) is 0 Å². The highest BCUT2D eigenvalue weighted by atomic mass is 16.5. The molecule has 0 fully saturated rings. The third-order valence-electron chi connectivity index (χ3n) is 5.34. The van der Waals surface area contributed by atoms with E-state index in [-0.39, 0.29) is 12.3 Å². The van der Waals surface area contributed by atoms with Crippen LogP contribution in [0.2, 0.25) is 0 Å². The van der Waals surface area contributed by atoms with Gasteiger partial charge in [-0.15, -0.1) is 0 Å². The molecule has 0 saturated heterocycles. The molecule has 0 unspecified atom stereocenters. The van der Waals surface area contributed by atoms with Crippen LogP contribution in [0.4, 0.5) is 5.69 Å². The van der Waals surface area contributed by atoms with E-state index in [0.29, 0.717) is 30.5 Å². The van der Waals surface area contributed by atoms with E-state index < -0.39 is 0 Å². The number of amides is 1. The van der Waals surface area contributed by atoms with Crippen molar-refractivity contribution in [1.29, 1.82) is 0 Å². The molecule has 28 heavy (non-hydrogen) atoms. The van der Waals surface area contributed by atoms with Crippen molar-refractivity contribution in [2.75, 3.05) is 32.6 Å². The minimum atomic E-state index is 0.0172. The number of anilines is 1. The van der Waals surface area contributed by atoms with Gasteiger partial charge in [-0.05, 0) is 54.2 Å². The highest BCUT2D eigenvalue weighted by Gasteiger charge is 2.25. The number of fused-ring (bicyclic) bond motifs is 1. The number of guanidine groups is 1. The summed E-state index contributed by atoms with van der Waals surface area (Å²) < 4.78 is 10.6. The summed E-state index contributed by atoms with van der Waals surface area (Å²) in [5.41, 5.74) is 4.70. The first-order valence-electron chi connectivity index (χ1n) is 9.63. The zero-order valence-corrected chi connectivity index (χ0v) is 16.3. The lowest BCUT2D eigenvalue weighted by Gasteiger charge is -2.21. The average molecular weight is 379 g/mol. The molecule has 6 heteroatoms. The minimum Gasteiger partial charge on any atom is -0.493 e. The minimum absolute atomic E-state index is 0.0172. The predicted molar refractivity (Wildman–Crippen MR) is 109 cm³/mol. The first kappa shape index (κ1) is 18.3. The molecule has 2 aromatic rings. The van der Waals surface area contributed by atoms with Crippen molar-refractivity contribution in [1.82, 2.24) is 4.90 Å². The van der Waals surface area contributed by atoms with E-state index in [1.165, 1.54) is 17.5 Å². The number of benzene rings is 2. The normalized spacial score (nSPS) is 15.2. The Labute approximate surface area is 165 Å². The summed E-state index contributed by atoms with van der Waals surface area (Å²) in [7, 11) is 3.19. The Morgan fingerprint density at radius 3 is 2.82 bits per heavy atom. The monoisotopic (exact) mass is 379 g/mol. The van der Waals surface area contributed by atoms with Gasteiger partial charge >= 0.3 is 0 Å². The van der Waals surface area contributed by atoms with Crippen molar-refractivity contribution in [3.63, 3.8) is 0 Å². The number of rotatable bonds is 5. The summed E-state index contributed by atoms with van der Waals surface area (Å²) in [6, 6.07) is 11.9. The Morgan fingerprint density at radius 1 is 1.14 bits per heavy atom. The standard InChI is InChI=1S/C22H25N3O3/c1-27-19-10-9-15(13-20(19)28-2)14-21(26)25-12-11-23-22(25)24-18-8-4-6-16-5-3-7-17(16)18/h4,6,8-10,13H,3,5,7,11-12,14H2,1-2H3,(H,23,24). The van der Waals surface area contributed by atoms with Gasteiger partial charge in [0.1, 0.15) is 0 Å². The summed E-state index contributed by atoms with van der Waals surface area (Å²) in [5, 5.41) is 3.41. The van der Waals surface area contributed by atoms with Gasteiger partial charge in [0.05, 0.1) is 27.2 Å². The molecule has 146 valence electrons. The molecule has 0 radical (unpaired) electrons. The maximum Gasteiger partial charge on any atom is 0.233 e. The number of methoxy groups -OCH3 is 2. The van der Waals surface area contributed by atoms with Gasteiger partial charge in [0, 0.05) is 12.2 Å². The summed E-state index contributed by atoms with van der Waals surface area (Å²) in [4.78, 5) is 19.2. The summed E-state index contributed by atoms with van der Waals surface area (Å²) >= 11 is 0. The van der Waals surface area contributed by atoms with Crippen LogP contribution in [0.1, 0.15) is 23.1 Å². The molecule has 0 bridgehead atoms. The summed E-state index contributed by atoms with van der Waals surface area (Å²) in [6.07, 6.45) is 3.67. The molecule has 2 aromatic carbocycles. The Morgan fingerprint density at radius 2 is 2.00 bits per heavy atom. The maximum atomic E-state index is 12.9. The quantitative estimate of drug-likeness (QED) is 0.867. The van der Waals surface area contributed by atoms with Crippen LogP contribution in [-0.4, -0.2) is 44.1 Å². The van der Waals surface area contributed by atoms with Crippen LogP contribution in [0.5, 0.6) is 11.5 Å². The number of nitrogens with one attached hydrogen (secondary N) is 1. The molecule has 6 nitrogen and oxygen atoms in total. The van der Waals surface area contributed by atoms with Crippen LogP contribution in [0.3, 0.4) is 0 Å². The van der Waals surface area contributed by atoms with Gasteiger partial charge in [0.2, 0.25) is 11.9 Å². The molecule has 0 aromatic heterocycles. The Bertz CT molecular complexity index is 923. The molecule has 1 amide bonds. The van der Waals surface area contributed by atoms with E-state index in [0.717, 1.165) is 24.1 Å². The predicted octanol–water partition coefficient (Wildman–Crippen LogP) is 3.05. The smallest absolute Gasteiger partial charge is 0.233 e. The number of carbonyl (C=O) groups excluding carboxylic acids is 1. The fourth-order valence-corrected chi connectivity index (χ4v) is 3.91. The van der Waals surface area contributed by atoms with E-state index in [4.69, 9.17) is 9.47 Å². The number of aliphatic imine (C=N–C) groups is 1. The second-order valence-corrected chi connectivity index (χ2v) is 7.04. The van der Waals surface area contributed by atoms with Crippen molar-refractivity contribution in [3.05, 3.63) is 53.1 Å². The Kier molecular flexibility index (Phi) is 5.19. The van der Waals surface area contributed by atoms with Crippen molar-refractivity contribution >= 4 is 17.6 Å². The van der Waals surface area contributed by atoms with Crippen molar-refractivity contribution in [2.45, 2.75) is 25.7 Å². The second-order valence-electron chi connectivity index (χ2n) is 7.04. The molecular weight excluding hydrogens is 354 g/mol. The zero-order valence-electron chi connectivity index (χ0n) is 16.3. The Hall–Kier alpha value is -3.02. The van der Waals surface area contributed by atoms with Gasteiger partial charge < -0.3 is 14.8 Å². The lowest BCUT2D eigenvalue weighted by atomic mass is 10.1. The van der Waals surface area contributed by atoms with Crippen LogP contribution in [0.15, 0.2) is 41.4 Å². The number of hydrogen-bond acceptors (Lipinski definition) is 5. The highest BCUT2D eigenvalue weighted by Crippen LogP contribution is 2.30. The molecular formula is C22H25N3O3. The van der Waals surface area contributed by atoms with Crippen LogP contribution < -0.4 is 14.8 Å². The van der Waals surface area contributed by atoms with E-state index in [2.05, 4.69) is 28.5 Å². The van der Waals surface area contributed by atoms with E-state index >= 15 is 0 Å². The molecule has 1 N–H and O–H groups in total. The fourth-order valence-electron chi connectivity index (χ4n) is 3.91. The average Bonchev–Trinajstić information content (AvgIpc) is 3.37. The van der Waals surface area contributed by atoms with Crippen LogP contribution >= 0.6 is 0 Å².